The van der Waals surface area contributed by atoms with Crippen LogP contribution in [0.5, 0.6) is 0 Å². The molecular weight excluding hydrogens is 366 g/mol. The number of ether oxygens (including phenoxy) is 1. The van der Waals surface area contributed by atoms with Crippen LogP contribution in [0.25, 0.3) is 0 Å². The van der Waals surface area contributed by atoms with Crippen LogP contribution in [0.4, 0.5) is 11.4 Å². The first-order valence-electron chi connectivity index (χ1n) is 10.2. The largest absolute Gasteiger partial charge is 0.466 e. The summed E-state index contributed by atoms with van der Waals surface area (Å²) in [4.78, 5) is 12.4. The molecule has 3 rings (SSSR count). The van der Waals surface area contributed by atoms with Gasteiger partial charge < -0.3 is 9.84 Å². The smallest absolute Gasteiger partial charge is 0.306 e. The van der Waals surface area contributed by atoms with Crippen molar-refractivity contribution in [2.45, 2.75) is 46.6 Å². The highest BCUT2D eigenvalue weighted by Crippen LogP contribution is 2.41. The van der Waals surface area contributed by atoms with Crippen molar-refractivity contribution in [2.75, 3.05) is 30.6 Å². The van der Waals surface area contributed by atoms with E-state index in [1.54, 1.807) is 0 Å². The molecule has 0 aromatic heterocycles. The first-order valence-corrected chi connectivity index (χ1v) is 10.2. The summed E-state index contributed by atoms with van der Waals surface area (Å²) in [5.74, 6) is -0.364. The number of benzene rings is 2. The lowest BCUT2D eigenvalue weighted by Crippen LogP contribution is -2.37. The highest BCUT2D eigenvalue weighted by Gasteiger charge is 2.29. The molecule has 0 spiro atoms. The Labute approximate surface area is 173 Å². The number of anilines is 2. The molecule has 0 radical (unpaired) electrons. The molecule has 1 atom stereocenters. The lowest BCUT2D eigenvalue weighted by Gasteiger charge is -2.24. The monoisotopic (exact) mass is 397 g/mol. The van der Waals surface area contributed by atoms with E-state index in [9.17, 15) is 9.90 Å². The van der Waals surface area contributed by atoms with Crippen molar-refractivity contribution in [2.24, 2.45) is 0 Å². The van der Waals surface area contributed by atoms with E-state index in [1.807, 2.05) is 44.2 Å². The van der Waals surface area contributed by atoms with Crippen molar-refractivity contribution in [1.29, 1.82) is 0 Å². The molecular formula is C23H31N3O3. The maximum Gasteiger partial charge on any atom is 0.306 e. The Kier molecular flexibility index (Phi) is 6.45. The highest BCUT2D eigenvalue weighted by molar-refractivity contribution is 5.79. The predicted molar refractivity (Wildman–Crippen MR) is 116 cm³/mol. The van der Waals surface area contributed by atoms with E-state index in [1.165, 1.54) is 0 Å². The third kappa shape index (κ3) is 4.09. The maximum absolute atomic E-state index is 12.4. The van der Waals surface area contributed by atoms with Gasteiger partial charge in [0.2, 0.25) is 0 Å². The lowest BCUT2D eigenvalue weighted by molar-refractivity contribution is -0.143. The maximum atomic E-state index is 12.4. The molecule has 0 aliphatic carbocycles. The Morgan fingerprint density at radius 3 is 2.62 bits per heavy atom. The van der Waals surface area contributed by atoms with Gasteiger partial charge in [-0.15, -0.1) is 5.12 Å². The Morgan fingerprint density at radius 2 is 1.97 bits per heavy atom. The number of rotatable bonds is 7. The number of hydrogen-bond acceptors (Lipinski definition) is 6. The van der Waals surface area contributed by atoms with Gasteiger partial charge in [-0.1, -0.05) is 24.3 Å². The molecule has 0 bridgehead atoms. The molecule has 2 N–H and O–H groups in total. The van der Waals surface area contributed by atoms with Crippen molar-refractivity contribution >= 4 is 17.3 Å². The van der Waals surface area contributed by atoms with Crippen LogP contribution in [0.1, 0.15) is 54.0 Å². The van der Waals surface area contributed by atoms with Crippen molar-refractivity contribution in [1.82, 2.24) is 5.12 Å². The van der Waals surface area contributed by atoms with Gasteiger partial charge in [-0.25, -0.2) is 0 Å². The number of aliphatic hydroxyl groups is 1. The minimum Gasteiger partial charge on any atom is -0.466 e. The third-order valence-electron chi connectivity index (χ3n) is 5.70. The zero-order valence-corrected chi connectivity index (χ0v) is 18.0. The number of carbonyl (C=O) groups is 1. The van der Waals surface area contributed by atoms with Gasteiger partial charge in [-0.2, -0.15) is 0 Å². The first-order chi connectivity index (χ1) is 13.9. The van der Waals surface area contributed by atoms with Crippen LogP contribution < -0.4 is 10.4 Å². The predicted octanol–water partition coefficient (Wildman–Crippen LogP) is 3.89. The summed E-state index contributed by atoms with van der Waals surface area (Å²) < 4.78 is 5.26. The fraction of sp³-hybridized carbons (Fsp3) is 0.435. The Balaban J connectivity index is 2.08. The van der Waals surface area contributed by atoms with Crippen molar-refractivity contribution < 1.29 is 14.6 Å². The van der Waals surface area contributed by atoms with Crippen molar-refractivity contribution in [3.8, 4) is 0 Å². The van der Waals surface area contributed by atoms with Gasteiger partial charge >= 0.3 is 5.97 Å². The van der Waals surface area contributed by atoms with E-state index in [0.717, 1.165) is 45.7 Å². The van der Waals surface area contributed by atoms with Gasteiger partial charge in [0.05, 0.1) is 31.0 Å². The molecule has 0 saturated carbocycles. The molecule has 2 aromatic carbocycles. The lowest BCUT2D eigenvalue weighted by atomic mass is 9.84. The molecule has 1 heterocycles. The van der Waals surface area contributed by atoms with Crippen LogP contribution in [0, 0.1) is 13.8 Å². The molecule has 0 saturated heterocycles. The highest BCUT2D eigenvalue weighted by atomic mass is 16.5. The summed E-state index contributed by atoms with van der Waals surface area (Å²) in [5.41, 5.74) is 10.8. The van der Waals surface area contributed by atoms with Crippen LogP contribution in [-0.4, -0.2) is 36.4 Å². The average molecular weight is 398 g/mol. The van der Waals surface area contributed by atoms with Crippen LogP contribution in [0.2, 0.25) is 0 Å². The Hall–Kier alpha value is -2.57. The molecule has 29 heavy (non-hydrogen) atoms. The topological polar surface area (TPSA) is 65.0 Å². The fourth-order valence-electron chi connectivity index (χ4n) is 4.09. The minimum absolute atomic E-state index is 0.0211. The van der Waals surface area contributed by atoms with Gasteiger partial charge in [-0.05, 0) is 61.6 Å². The number of hydrazine groups is 2. The average Bonchev–Trinajstić information content (AvgIpc) is 3.03. The minimum atomic E-state index is -0.219. The first kappa shape index (κ1) is 21.1. The molecule has 2 aromatic rings. The van der Waals surface area contributed by atoms with Gasteiger partial charge in [0.15, 0.2) is 0 Å². The molecule has 6 nitrogen and oxygen atoms in total. The number of esters is 1. The van der Waals surface area contributed by atoms with Crippen molar-refractivity contribution in [3.63, 3.8) is 0 Å². The second kappa shape index (κ2) is 8.84. The van der Waals surface area contributed by atoms with Gasteiger partial charge in [0, 0.05) is 19.5 Å². The van der Waals surface area contributed by atoms with Gasteiger partial charge in [0.25, 0.3) is 0 Å². The van der Waals surface area contributed by atoms with E-state index in [4.69, 9.17) is 4.74 Å². The van der Waals surface area contributed by atoms with E-state index >= 15 is 0 Å². The number of aliphatic hydroxyl groups excluding tert-OH is 1. The molecule has 1 aliphatic rings. The molecule has 0 unspecified atom stereocenters. The van der Waals surface area contributed by atoms with E-state index < -0.39 is 0 Å². The number of aryl methyl sites for hydroxylation is 1. The van der Waals surface area contributed by atoms with Crippen LogP contribution in [0.15, 0.2) is 30.3 Å². The normalized spacial score (nSPS) is 14.5. The number of nitrogens with one attached hydrogen (secondary N) is 1. The summed E-state index contributed by atoms with van der Waals surface area (Å²) in [6, 6.07) is 10.3. The zero-order valence-electron chi connectivity index (χ0n) is 18.0. The Morgan fingerprint density at radius 1 is 1.21 bits per heavy atom. The quantitative estimate of drug-likeness (QED) is 0.691. The van der Waals surface area contributed by atoms with Gasteiger partial charge in [0.1, 0.15) is 0 Å². The Bertz CT molecular complexity index is 897. The molecule has 0 fully saturated rings. The second-order valence-corrected chi connectivity index (χ2v) is 7.43. The summed E-state index contributed by atoms with van der Waals surface area (Å²) in [7, 11) is 1.99. The summed E-state index contributed by atoms with van der Waals surface area (Å²) in [5, 5.41) is 13.9. The number of hydrogen-bond donors (Lipinski definition) is 2. The number of nitrogens with zero attached hydrogens (tertiary/aromatic N) is 2. The summed E-state index contributed by atoms with van der Waals surface area (Å²) in [6.45, 7) is 9.21. The molecule has 0 amide bonds. The van der Waals surface area contributed by atoms with E-state index in [-0.39, 0.29) is 24.9 Å². The van der Waals surface area contributed by atoms with E-state index in [0.29, 0.717) is 6.61 Å². The molecule has 156 valence electrons. The summed E-state index contributed by atoms with van der Waals surface area (Å²) in [6.07, 6.45) is 0.259. The van der Waals surface area contributed by atoms with Crippen molar-refractivity contribution in [3.05, 3.63) is 58.1 Å². The van der Waals surface area contributed by atoms with Crippen LogP contribution >= 0.6 is 0 Å². The van der Waals surface area contributed by atoms with Crippen LogP contribution in [-0.2, 0) is 16.1 Å². The SMILES string of the molecule is CCOC(=O)C[C@@H](c1ccc(C)c(CO)c1)c1ccc2c(c1C)NN(C)N2CC. The third-order valence-corrected chi connectivity index (χ3v) is 5.70. The number of carbonyl (C=O) groups excluding carboxylic acids is 1. The fourth-order valence-corrected chi connectivity index (χ4v) is 4.09. The zero-order chi connectivity index (χ0) is 21.1. The second-order valence-electron chi connectivity index (χ2n) is 7.43. The molecule has 6 heteroatoms. The van der Waals surface area contributed by atoms with Gasteiger partial charge in [-0.3, -0.25) is 15.2 Å². The summed E-state index contributed by atoms with van der Waals surface area (Å²) >= 11 is 0. The number of fused-ring (bicyclic) bond motifs is 1. The molecule has 1 aliphatic heterocycles. The standard InChI is InChI=1S/C23H31N3O3/c1-6-26-21-11-10-19(16(4)23(21)24-25(26)5)20(13-22(28)29-7-2)17-9-8-15(3)18(12-17)14-27/h8-12,20,24,27H,6-7,13-14H2,1-5H3/t20-/m0/s1. The van der Waals surface area contributed by atoms with Crippen LogP contribution in [0.3, 0.4) is 0 Å². The van der Waals surface area contributed by atoms with E-state index in [2.05, 4.69) is 36.4 Å².